The van der Waals surface area contributed by atoms with Crippen molar-refractivity contribution in [2.75, 3.05) is 5.32 Å². The van der Waals surface area contributed by atoms with Gasteiger partial charge >= 0.3 is 0 Å². The van der Waals surface area contributed by atoms with Crippen molar-refractivity contribution in [3.8, 4) is 17.2 Å². The minimum atomic E-state index is -0.421. The van der Waals surface area contributed by atoms with E-state index in [1.165, 1.54) is 12.1 Å². The lowest BCUT2D eigenvalue weighted by Crippen LogP contribution is -2.13. The van der Waals surface area contributed by atoms with E-state index in [4.69, 9.17) is 32.5 Å². The van der Waals surface area contributed by atoms with Gasteiger partial charge in [-0.25, -0.2) is 0 Å². The third-order valence-electron chi connectivity index (χ3n) is 3.42. The van der Waals surface area contributed by atoms with Crippen LogP contribution < -0.4 is 14.3 Å². The van der Waals surface area contributed by atoms with Crippen LogP contribution in [0.2, 0.25) is 5.02 Å². The SMILES string of the molecule is O=C(Nc1ccccc1)c1cc(Oc2ccc(Br)cc2)cc(Cl)c1OCl. The molecule has 7 heteroatoms. The molecule has 0 aliphatic heterocycles. The second-order valence-corrected chi connectivity index (χ2v) is 6.71. The standard InChI is InChI=1S/C19H12BrCl2NO3/c20-12-6-8-14(9-7-12)25-15-10-16(18(26-22)17(21)11-15)19(24)23-13-4-2-1-3-5-13/h1-11H,(H,23,24). The Labute approximate surface area is 168 Å². The van der Waals surface area contributed by atoms with Crippen molar-refractivity contribution in [2.24, 2.45) is 0 Å². The molecule has 0 aliphatic carbocycles. The Kier molecular flexibility index (Phi) is 6.04. The van der Waals surface area contributed by atoms with Crippen molar-refractivity contribution in [3.05, 3.63) is 81.8 Å². The topological polar surface area (TPSA) is 47.6 Å². The van der Waals surface area contributed by atoms with E-state index >= 15 is 0 Å². The van der Waals surface area contributed by atoms with Crippen LogP contribution in [0.1, 0.15) is 10.4 Å². The molecule has 0 radical (unpaired) electrons. The van der Waals surface area contributed by atoms with Gasteiger partial charge in [-0.1, -0.05) is 45.7 Å². The first-order valence-electron chi connectivity index (χ1n) is 7.49. The Balaban J connectivity index is 1.91. The molecule has 0 aliphatic rings. The smallest absolute Gasteiger partial charge is 0.259 e. The largest absolute Gasteiger partial charge is 0.457 e. The zero-order valence-electron chi connectivity index (χ0n) is 13.2. The number of ether oxygens (including phenoxy) is 1. The van der Waals surface area contributed by atoms with Crippen LogP contribution in [0.25, 0.3) is 0 Å². The van der Waals surface area contributed by atoms with Crippen molar-refractivity contribution >= 4 is 51.0 Å². The van der Waals surface area contributed by atoms with Gasteiger partial charge in [0.05, 0.1) is 10.6 Å². The molecular formula is C19H12BrCl2NO3. The molecule has 0 bridgehead atoms. The number of hydrogen-bond donors (Lipinski definition) is 1. The fourth-order valence-corrected chi connectivity index (χ4v) is 2.95. The normalized spacial score (nSPS) is 10.3. The molecule has 0 fully saturated rings. The van der Waals surface area contributed by atoms with E-state index < -0.39 is 5.91 Å². The Morgan fingerprint density at radius 2 is 1.65 bits per heavy atom. The Morgan fingerprint density at radius 3 is 2.31 bits per heavy atom. The molecule has 132 valence electrons. The maximum absolute atomic E-state index is 12.6. The highest BCUT2D eigenvalue weighted by molar-refractivity contribution is 9.10. The summed E-state index contributed by atoms with van der Waals surface area (Å²) in [5.74, 6) is 0.617. The zero-order valence-corrected chi connectivity index (χ0v) is 16.3. The van der Waals surface area contributed by atoms with Gasteiger partial charge in [-0.3, -0.25) is 4.79 Å². The third kappa shape index (κ3) is 4.49. The minimum absolute atomic E-state index is 0.0601. The number of amides is 1. The number of para-hydroxylation sites is 1. The first kappa shape index (κ1) is 18.6. The van der Waals surface area contributed by atoms with E-state index in [0.29, 0.717) is 17.2 Å². The van der Waals surface area contributed by atoms with Gasteiger partial charge in [0, 0.05) is 16.2 Å². The second kappa shape index (κ2) is 8.45. The number of hydrogen-bond acceptors (Lipinski definition) is 3. The van der Waals surface area contributed by atoms with Gasteiger partial charge in [0.25, 0.3) is 5.91 Å². The summed E-state index contributed by atoms with van der Waals surface area (Å²) in [5.41, 5.74) is 0.789. The zero-order chi connectivity index (χ0) is 18.5. The van der Waals surface area contributed by atoms with Gasteiger partial charge in [0.1, 0.15) is 23.4 Å². The maximum Gasteiger partial charge on any atom is 0.259 e. The molecule has 4 nitrogen and oxygen atoms in total. The number of carbonyl (C=O) groups excluding carboxylic acids is 1. The second-order valence-electron chi connectivity index (χ2n) is 5.24. The van der Waals surface area contributed by atoms with Gasteiger partial charge in [-0.15, -0.1) is 0 Å². The highest BCUT2D eigenvalue weighted by atomic mass is 79.9. The van der Waals surface area contributed by atoms with Gasteiger partial charge in [-0.05, 0) is 42.5 Å². The summed E-state index contributed by atoms with van der Waals surface area (Å²) in [6.07, 6.45) is 0. The van der Waals surface area contributed by atoms with Crippen LogP contribution in [0.15, 0.2) is 71.2 Å². The van der Waals surface area contributed by atoms with E-state index in [1.54, 1.807) is 24.3 Å². The molecule has 3 aromatic rings. The number of carbonyl (C=O) groups is 1. The lowest BCUT2D eigenvalue weighted by molar-refractivity contribution is 0.102. The quantitative estimate of drug-likeness (QED) is 0.469. The van der Waals surface area contributed by atoms with Crippen LogP contribution in [0.5, 0.6) is 17.2 Å². The predicted octanol–water partition coefficient (Wildman–Crippen LogP) is 6.68. The molecule has 1 N–H and O–H groups in total. The average molecular weight is 453 g/mol. The summed E-state index contributed by atoms with van der Waals surface area (Å²) in [6.45, 7) is 0. The Bertz CT molecular complexity index is 918. The summed E-state index contributed by atoms with van der Waals surface area (Å²) in [6, 6.07) is 19.3. The Hall–Kier alpha value is -2.21. The molecule has 0 atom stereocenters. The van der Waals surface area contributed by atoms with E-state index in [2.05, 4.69) is 21.2 Å². The van der Waals surface area contributed by atoms with Gasteiger partial charge in [0.2, 0.25) is 0 Å². The number of rotatable bonds is 5. The van der Waals surface area contributed by atoms with Gasteiger partial charge < -0.3 is 14.3 Å². The fraction of sp³-hybridized carbons (Fsp3) is 0. The number of benzene rings is 3. The van der Waals surface area contributed by atoms with E-state index in [1.807, 2.05) is 30.3 Å². The molecule has 0 heterocycles. The first-order chi connectivity index (χ1) is 12.6. The van der Waals surface area contributed by atoms with Gasteiger partial charge in [0.15, 0.2) is 5.75 Å². The van der Waals surface area contributed by atoms with Crippen molar-refractivity contribution in [1.82, 2.24) is 0 Å². The number of anilines is 1. The molecule has 0 unspecified atom stereocenters. The summed E-state index contributed by atoms with van der Waals surface area (Å²) >= 11 is 15.1. The predicted molar refractivity (Wildman–Crippen MR) is 107 cm³/mol. The molecule has 26 heavy (non-hydrogen) atoms. The monoisotopic (exact) mass is 451 g/mol. The molecule has 0 spiro atoms. The highest BCUT2D eigenvalue weighted by Crippen LogP contribution is 2.36. The fourth-order valence-electron chi connectivity index (χ4n) is 2.23. The summed E-state index contributed by atoms with van der Waals surface area (Å²) in [5, 5.41) is 2.92. The molecule has 3 rings (SSSR count). The lowest BCUT2D eigenvalue weighted by atomic mass is 10.1. The van der Waals surface area contributed by atoms with E-state index in [0.717, 1.165) is 4.47 Å². The summed E-state index contributed by atoms with van der Waals surface area (Å²) < 4.78 is 11.5. The lowest BCUT2D eigenvalue weighted by Gasteiger charge is -2.12. The minimum Gasteiger partial charge on any atom is -0.457 e. The third-order valence-corrected chi connectivity index (χ3v) is 4.38. The molecular weight excluding hydrogens is 441 g/mol. The first-order valence-corrected chi connectivity index (χ1v) is 8.97. The molecule has 1 amide bonds. The van der Waals surface area contributed by atoms with Gasteiger partial charge in [-0.2, -0.15) is 0 Å². The van der Waals surface area contributed by atoms with Crippen LogP contribution in [0.3, 0.4) is 0 Å². The highest BCUT2D eigenvalue weighted by Gasteiger charge is 2.19. The van der Waals surface area contributed by atoms with E-state index in [-0.39, 0.29) is 16.3 Å². The van der Waals surface area contributed by atoms with Crippen LogP contribution >= 0.6 is 39.4 Å². The van der Waals surface area contributed by atoms with Crippen molar-refractivity contribution < 1.29 is 13.8 Å². The molecule has 0 aromatic heterocycles. The Morgan fingerprint density at radius 1 is 0.962 bits per heavy atom. The van der Waals surface area contributed by atoms with Crippen LogP contribution in [0, 0.1) is 0 Å². The van der Waals surface area contributed by atoms with Crippen molar-refractivity contribution in [2.45, 2.75) is 0 Å². The molecule has 0 saturated heterocycles. The summed E-state index contributed by atoms with van der Waals surface area (Å²) in [7, 11) is 0. The average Bonchev–Trinajstić information content (AvgIpc) is 2.64. The maximum atomic E-state index is 12.6. The van der Waals surface area contributed by atoms with Crippen LogP contribution in [0.4, 0.5) is 5.69 Å². The van der Waals surface area contributed by atoms with E-state index in [9.17, 15) is 4.79 Å². The number of nitrogens with one attached hydrogen (secondary N) is 1. The number of halogens is 3. The van der Waals surface area contributed by atoms with Crippen LogP contribution in [-0.4, -0.2) is 5.91 Å². The van der Waals surface area contributed by atoms with Crippen molar-refractivity contribution in [3.63, 3.8) is 0 Å². The van der Waals surface area contributed by atoms with Crippen molar-refractivity contribution in [1.29, 1.82) is 0 Å². The summed E-state index contributed by atoms with van der Waals surface area (Å²) in [4.78, 5) is 12.6. The molecule has 0 saturated carbocycles. The van der Waals surface area contributed by atoms with Crippen LogP contribution in [-0.2, 0) is 0 Å². The molecule has 3 aromatic carbocycles.